The molecule has 0 aliphatic rings. The number of benzene rings is 1. The minimum absolute atomic E-state index is 0.397. The highest BCUT2D eigenvalue weighted by Gasteiger charge is 2.16. The minimum Gasteiger partial charge on any atom is -0.381 e. The van der Waals surface area contributed by atoms with Gasteiger partial charge in [0.15, 0.2) is 11.6 Å². The molecule has 0 aliphatic carbocycles. The molecular weight excluding hydrogens is 247 g/mol. The maximum absolute atomic E-state index is 6.08. The number of rotatable bonds is 2. The summed E-state index contributed by atoms with van der Waals surface area (Å²) in [5.41, 5.74) is 7.27. The lowest BCUT2D eigenvalue weighted by atomic mass is 10.1. The van der Waals surface area contributed by atoms with E-state index in [0.717, 1.165) is 17.5 Å². The lowest BCUT2D eigenvalue weighted by Crippen LogP contribution is -1.91. The van der Waals surface area contributed by atoms with E-state index in [9.17, 15) is 0 Å². The van der Waals surface area contributed by atoms with Crippen LogP contribution in [0, 0.1) is 0 Å². The predicted octanol–water partition coefficient (Wildman–Crippen LogP) is 3.79. The zero-order valence-corrected chi connectivity index (χ0v) is 10.1. The van der Waals surface area contributed by atoms with Crippen LogP contribution in [-0.4, -0.2) is 5.16 Å². The summed E-state index contributed by atoms with van der Waals surface area (Å²) in [6.07, 6.45) is 0.730. The monoisotopic (exact) mass is 256 g/mol. The van der Waals surface area contributed by atoms with Crippen molar-refractivity contribution < 1.29 is 4.52 Å². The number of nitrogens with two attached hydrogens (primary N) is 1. The maximum Gasteiger partial charge on any atom is 0.173 e. The van der Waals surface area contributed by atoms with E-state index in [1.165, 1.54) is 0 Å². The zero-order valence-electron chi connectivity index (χ0n) is 8.63. The molecule has 16 heavy (non-hydrogen) atoms. The highest BCUT2D eigenvalue weighted by Crippen LogP contribution is 2.34. The molecule has 1 heterocycles. The van der Waals surface area contributed by atoms with Crippen LogP contribution >= 0.6 is 23.2 Å². The second-order valence-electron chi connectivity index (χ2n) is 3.35. The van der Waals surface area contributed by atoms with Crippen molar-refractivity contribution in [1.29, 1.82) is 0 Å². The Kier molecular flexibility index (Phi) is 3.08. The topological polar surface area (TPSA) is 52.0 Å². The Morgan fingerprint density at radius 1 is 1.38 bits per heavy atom. The van der Waals surface area contributed by atoms with Crippen molar-refractivity contribution in [2.75, 3.05) is 5.73 Å². The highest BCUT2D eigenvalue weighted by atomic mass is 35.5. The van der Waals surface area contributed by atoms with Crippen molar-refractivity contribution >= 4 is 29.0 Å². The molecule has 0 saturated carbocycles. The number of halogens is 2. The summed E-state index contributed by atoms with van der Waals surface area (Å²) < 4.78 is 5.19. The van der Waals surface area contributed by atoms with Gasteiger partial charge in [0.2, 0.25) is 0 Å². The molecule has 0 unspecified atom stereocenters. The summed E-state index contributed by atoms with van der Waals surface area (Å²) in [7, 11) is 0. The molecular formula is C11H10Cl2N2O. The molecule has 2 rings (SSSR count). The number of anilines is 1. The second-order valence-corrected chi connectivity index (χ2v) is 4.20. The SMILES string of the molecule is CCc1c(N)noc1-c1cc(Cl)ccc1Cl. The average Bonchev–Trinajstić information content (AvgIpc) is 2.63. The molecule has 2 aromatic rings. The Bertz CT molecular complexity index is 523. The highest BCUT2D eigenvalue weighted by molar-refractivity contribution is 6.35. The van der Waals surface area contributed by atoms with Crippen LogP contribution in [0.15, 0.2) is 22.7 Å². The van der Waals surface area contributed by atoms with Crippen LogP contribution < -0.4 is 5.73 Å². The van der Waals surface area contributed by atoms with Crippen LogP contribution in [0.3, 0.4) is 0 Å². The van der Waals surface area contributed by atoms with Crippen molar-refractivity contribution in [2.45, 2.75) is 13.3 Å². The lowest BCUT2D eigenvalue weighted by molar-refractivity contribution is 0.435. The first-order valence-corrected chi connectivity index (χ1v) is 5.58. The van der Waals surface area contributed by atoms with E-state index in [1.807, 2.05) is 6.92 Å². The summed E-state index contributed by atoms with van der Waals surface area (Å²) in [5, 5.41) is 4.89. The molecule has 1 aromatic heterocycles. The number of nitrogen functional groups attached to an aromatic ring is 1. The van der Waals surface area contributed by atoms with E-state index < -0.39 is 0 Å². The molecule has 0 fully saturated rings. The van der Waals surface area contributed by atoms with Crippen molar-refractivity contribution in [3.8, 4) is 11.3 Å². The van der Waals surface area contributed by atoms with Crippen molar-refractivity contribution in [3.05, 3.63) is 33.8 Å². The maximum atomic E-state index is 6.08. The second kappa shape index (κ2) is 4.36. The zero-order chi connectivity index (χ0) is 11.7. The van der Waals surface area contributed by atoms with Crippen molar-refractivity contribution in [1.82, 2.24) is 5.16 Å². The van der Waals surface area contributed by atoms with Crippen LogP contribution in [0.25, 0.3) is 11.3 Å². The van der Waals surface area contributed by atoms with Gasteiger partial charge >= 0.3 is 0 Å². The van der Waals surface area contributed by atoms with E-state index in [1.54, 1.807) is 18.2 Å². The van der Waals surface area contributed by atoms with Crippen LogP contribution in [0.1, 0.15) is 12.5 Å². The van der Waals surface area contributed by atoms with Crippen LogP contribution in [0.2, 0.25) is 10.0 Å². The number of nitrogens with zero attached hydrogens (tertiary/aromatic N) is 1. The number of aromatic nitrogens is 1. The van der Waals surface area contributed by atoms with Gasteiger partial charge in [-0.05, 0) is 24.6 Å². The molecule has 0 amide bonds. The summed E-state index contributed by atoms with van der Waals surface area (Å²) in [4.78, 5) is 0. The third kappa shape index (κ3) is 1.88. The normalized spacial score (nSPS) is 10.7. The fraction of sp³-hybridized carbons (Fsp3) is 0.182. The number of hydrogen-bond donors (Lipinski definition) is 1. The quantitative estimate of drug-likeness (QED) is 0.890. The van der Waals surface area contributed by atoms with Gasteiger partial charge in [-0.2, -0.15) is 0 Å². The molecule has 3 nitrogen and oxygen atoms in total. The van der Waals surface area contributed by atoms with Gasteiger partial charge in [-0.25, -0.2) is 0 Å². The molecule has 0 aliphatic heterocycles. The molecule has 1 aromatic carbocycles. The summed E-state index contributed by atoms with van der Waals surface area (Å²) >= 11 is 12.0. The fourth-order valence-corrected chi connectivity index (χ4v) is 1.92. The van der Waals surface area contributed by atoms with Crippen LogP contribution in [0.4, 0.5) is 5.82 Å². The first-order chi connectivity index (χ1) is 7.63. The summed E-state index contributed by atoms with van der Waals surface area (Å²) in [6, 6.07) is 5.18. The fourth-order valence-electron chi connectivity index (χ4n) is 1.55. The van der Waals surface area contributed by atoms with Crippen LogP contribution in [0.5, 0.6) is 0 Å². The summed E-state index contributed by atoms with van der Waals surface area (Å²) in [5.74, 6) is 0.987. The molecule has 84 valence electrons. The molecule has 0 bridgehead atoms. The van der Waals surface area contributed by atoms with Crippen LogP contribution in [-0.2, 0) is 6.42 Å². The van der Waals surface area contributed by atoms with E-state index in [-0.39, 0.29) is 0 Å². The third-order valence-corrected chi connectivity index (χ3v) is 2.91. The van der Waals surface area contributed by atoms with Gasteiger partial charge in [-0.15, -0.1) is 0 Å². The van der Waals surface area contributed by atoms with Crippen molar-refractivity contribution in [3.63, 3.8) is 0 Å². The molecule has 0 saturated heterocycles. The Morgan fingerprint density at radius 2 is 2.12 bits per heavy atom. The van der Waals surface area contributed by atoms with Gasteiger partial charge in [0.05, 0.1) is 5.02 Å². The van der Waals surface area contributed by atoms with Crippen molar-refractivity contribution in [2.24, 2.45) is 0 Å². The molecule has 5 heteroatoms. The van der Waals surface area contributed by atoms with E-state index >= 15 is 0 Å². The molecule has 2 N–H and O–H groups in total. The lowest BCUT2D eigenvalue weighted by Gasteiger charge is -2.02. The third-order valence-electron chi connectivity index (χ3n) is 2.35. The van der Waals surface area contributed by atoms with E-state index in [2.05, 4.69) is 5.16 Å². The largest absolute Gasteiger partial charge is 0.381 e. The first-order valence-electron chi connectivity index (χ1n) is 4.83. The summed E-state index contributed by atoms with van der Waals surface area (Å²) in [6.45, 7) is 1.98. The Morgan fingerprint density at radius 3 is 2.81 bits per heavy atom. The van der Waals surface area contributed by atoms with E-state index in [0.29, 0.717) is 21.6 Å². The smallest absolute Gasteiger partial charge is 0.173 e. The molecule has 0 spiro atoms. The van der Waals surface area contributed by atoms with Gasteiger partial charge in [0.1, 0.15) is 0 Å². The molecule has 0 atom stereocenters. The number of hydrogen-bond acceptors (Lipinski definition) is 3. The Balaban J connectivity index is 2.62. The minimum atomic E-state index is 0.397. The van der Waals surface area contributed by atoms with Gasteiger partial charge in [-0.1, -0.05) is 35.3 Å². The van der Waals surface area contributed by atoms with Gasteiger partial charge in [0.25, 0.3) is 0 Å². The Labute approximate surface area is 103 Å². The van der Waals surface area contributed by atoms with E-state index in [4.69, 9.17) is 33.5 Å². The van der Waals surface area contributed by atoms with Gasteiger partial charge in [-0.3, -0.25) is 0 Å². The average molecular weight is 257 g/mol. The van der Waals surface area contributed by atoms with Gasteiger partial charge < -0.3 is 10.3 Å². The Hall–Kier alpha value is -1.19. The van der Waals surface area contributed by atoms with Gasteiger partial charge in [0, 0.05) is 16.1 Å². The molecule has 0 radical (unpaired) electrons. The standard InChI is InChI=1S/C11H10Cl2N2O/c1-2-7-10(16-15-11(7)14)8-5-6(12)3-4-9(8)13/h3-5H,2H2,1H3,(H2,14,15). The predicted molar refractivity (Wildman–Crippen MR) is 65.7 cm³/mol. The first kappa shape index (κ1) is 11.3.